The summed E-state index contributed by atoms with van der Waals surface area (Å²) in [4.78, 5) is 17.5. The number of furan rings is 1. The SMILES string of the molecule is c1ccc(-c2nc(-c3ccccc3)nc(-c3ccc(-c4ccc(N(c5ccccc5)c5ccc6ccccc6c5)cc4)c4c3oc3cc5ccccc5cc34)n2)cc1. The predicted molar refractivity (Wildman–Crippen MR) is 239 cm³/mol. The Hall–Kier alpha value is -7.89. The van der Waals surface area contributed by atoms with Gasteiger partial charge in [0.05, 0.1) is 5.56 Å². The molecule has 58 heavy (non-hydrogen) atoms. The van der Waals surface area contributed by atoms with E-state index in [0.717, 1.165) is 77.6 Å². The second-order valence-electron chi connectivity index (χ2n) is 14.4. The Morgan fingerprint density at radius 1 is 0.345 bits per heavy atom. The molecule has 5 heteroatoms. The van der Waals surface area contributed by atoms with Crippen LogP contribution in [0.15, 0.2) is 211 Å². The number of anilines is 3. The van der Waals surface area contributed by atoms with E-state index in [1.165, 1.54) is 10.8 Å². The third-order valence-electron chi connectivity index (χ3n) is 10.9. The Morgan fingerprint density at radius 2 is 0.845 bits per heavy atom. The second-order valence-corrected chi connectivity index (χ2v) is 14.4. The van der Waals surface area contributed by atoms with Crippen molar-refractivity contribution in [2.45, 2.75) is 0 Å². The van der Waals surface area contributed by atoms with E-state index in [-0.39, 0.29) is 0 Å². The van der Waals surface area contributed by atoms with Gasteiger partial charge >= 0.3 is 0 Å². The molecular formula is C53H34N4O. The molecule has 0 N–H and O–H groups in total. The number of hydrogen-bond donors (Lipinski definition) is 0. The van der Waals surface area contributed by atoms with E-state index in [1.54, 1.807) is 0 Å². The first-order valence-corrected chi connectivity index (χ1v) is 19.4. The molecule has 0 fully saturated rings. The van der Waals surface area contributed by atoms with Crippen molar-refractivity contribution < 1.29 is 4.42 Å². The van der Waals surface area contributed by atoms with Gasteiger partial charge in [0.25, 0.3) is 0 Å². The fourth-order valence-corrected chi connectivity index (χ4v) is 8.04. The maximum Gasteiger partial charge on any atom is 0.167 e. The van der Waals surface area contributed by atoms with Gasteiger partial charge in [-0.1, -0.05) is 152 Å². The van der Waals surface area contributed by atoms with Gasteiger partial charge in [-0.05, 0) is 87.3 Å². The fourth-order valence-electron chi connectivity index (χ4n) is 8.04. The lowest BCUT2D eigenvalue weighted by Crippen LogP contribution is -2.09. The van der Waals surface area contributed by atoms with Crippen LogP contribution >= 0.6 is 0 Å². The second kappa shape index (κ2) is 14.0. The zero-order chi connectivity index (χ0) is 38.4. The molecule has 0 aliphatic heterocycles. The Bertz CT molecular complexity index is 3210. The third kappa shape index (κ3) is 5.94. The normalized spacial score (nSPS) is 11.4. The summed E-state index contributed by atoms with van der Waals surface area (Å²) in [7, 11) is 0. The molecule has 5 nitrogen and oxygen atoms in total. The van der Waals surface area contributed by atoms with Crippen molar-refractivity contribution in [3.63, 3.8) is 0 Å². The highest BCUT2D eigenvalue weighted by atomic mass is 16.3. The van der Waals surface area contributed by atoms with Crippen LogP contribution < -0.4 is 4.90 Å². The molecule has 272 valence electrons. The van der Waals surface area contributed by atoms with Crippen LogP contribution in [0.25, 0.3) is 88.8 Å². The number of rotatable bonds is 7. The zero-order valence-electron chi connectivity index (χ0n) is 31.3. The Morgan fingerprint density at radius 3 is 1.50 bits per heavy atom. The van der Waals surface area contributed by atoms with E-state index < -0.39 is 0 Å². The van der Waals surface area contributed by atoms with Crippen molar-refractivity contribution in [1.29, 1.82) is 0 Å². The van der Waals surface area contributed by atoms with Crippen molar-refractivity contribution in [3.8, 4) is 45.3 Å². The minimum atomic E-state index is 0.553. The monoisotopic (exact) mass is 742 g/mol. The lowest BCUT2D eigenvalue weighted by atomic mass is 9.95. The maximum atomic E-state index is 6.90. The first-order valence-electron chi connectivity index (χ1n) is 19.4. The molecule has 11 rings (SSSR count). The van der Waals surface area contributed by atoms with Crippen molar-refractivity contribution in [2.24, 2.45) is 0 Å². The zero-order valence-corrected chi connectivity index (χ0v) is 31.3. The smallest absolute Gasteiger partial charge is 0.167 e. The van der Waals surface area contributed by atoms with E-state index in [4.69, 9.17) is 19.4 Å². The molecular weight excluding hydrogens is 709 g/mol. The summed E-state index contributed by atoms with van der Waals surface area (Å²) in [6.07, 6.45) is 0. The van der Waals surface area contributed by atoms with E-state index >= 15 is 0 Å². The number of nitrogens with zero attached hydrogens (tertiary/aromatic N) is 4. The molecule has 0 amide bonds. The van der Waals surface area contributed by atoms with Gasteiger partial charge in [0.15, 0.2) is 17.5 Å². The average Bonchev–Trinajstić information content (AvgIpc) is 3.67. The largest absolute Gasteiger partial charge is 0.455 e. The summed E-state index contributed by atoms with van der Waals surface area (Å²) in [6.45, 7) is 0. The summed E-state index contributed by atoms with van der Waals surface area (Å²) in [6, 6.07) is 71.7. The van der Waals surface area contributed by atoms with Crippen molar-refractivity contribution in [1.82, 2.24) is 15.0 Å². The number of hydrogen-bond acceptors (Lipinski definition) is 5. The molecule has 0 atom stereocenters. The average molecular weight is 743 g/mol. The van der Waals surface area contributed by atoms with Crippen LogP contribution in [-0.4, -0.2) is 15.0 Å². The molecule has 0 saturated heterocycles. The van der Waals surface area contributed by atoms with E-state index in [9.17, 15) is 0 Å². The molecule has 2 heterocycles. The van der Waals surface area contributed by atoms with Crippen molar-refractivity contribution in [2.75, 3.05) is 4.90 Å². The highest BCUT2D eigenvalue weighted by molar-refractivity contribution is 6.18. The Balaban J connectivity index is 1.10. The summed E-state index contributed by atoms with van der Waals surface area (Å²) < 4.78 is 6.90. The lowest BCUT2D eigenvalue weighted by Gasteiger charge is -2.26. The van der Waals surface area contributed by atoms with Gasteiger partial charge in [-0.2, -0.15) is 0 Å². The van der Waals surface area contributed by atoms with Crippen molar-refractivity contribution in [3.05, 3.63) is 206 Å². The van der Waals surface area contributed by atoms with Crippen LogP contribution in [0.3, 0.4) is 0 Å². The van der Waals surface area contributed by atoms with Gasteiger partial charge in [0, 0.05) is 39.0 Å². The molecule has 9 aromatic carbocycles. The Labute approximate surface area is 335 Å². The van der Waals surface area contributed by atoms with Crippen LogP contribution in [0.5, 0.6) is 0 Å². The van der Waals surface area contributed by atoms with Crippen LogP contribution in [0, 0.1) is 0 Å². The van der Waals surface area contributed by atoms with E-state index in [2.05, 4.69) is 150 Å². The van der Waals surface area contributed by atoms with Gasteiger partial charge in [-0.25, -0.2) is 15.0 Å². The van der Waals surface area contributed by atoms with Gasteiger partial charge in [-0.3, -0.25) is 0 Å². The minimum absolute atomic E-state index is 0.553. The summed E-state index contributed by atoms with van der Waals surface area (Å²) in [5.74, 6) is 1.76. The van der Waals surface area contributed by atoms with Gasteiger partial charge in [0.1, 0.15) is 11.2 Å². The quantitative estimate of drug-likeness (QED) is 0.163. The molecule has 0 bridgehead atoms. The molecule has 11 aromatic rings. The van der Waals surface area contributed by atoms with Crippen LogP contribution in [0.4, 0.5) is 17.1 Å². The highest BCUT2D eigenvalue weighted by Crippen LogP contribution is 2.44. The molecule has 0 radical (unpaired) electrons. The summed E-state index contributed by atoms with van der Waals surface area (Å²) >= 11 is 0. The molecule has 0 aliphatic carbocycles. The topological polar surface area (TPSA) is 55.1 Å². The first kappa shape index (κ1) is 33.4. The molecule has 0 saturated carbocycles. The van der Waals surface area contributed by atoms with Gasteiger partial charge < -0.3 is 9.32 Å². The number of fused-ring (bicyclic) bond motifs is 5. The number of para-hydroxylation sites is 1. The number of benzene rings is 9. The number of aromatic nitrogens is 3. The molecule has 0 aliphatic rings. The van der Waals surface area contributed by atoms with E-state index in [1.807, 2.05) is 60.7 Å². The molecule has 2 aromatic heterocycles. The fraction of sp³-hybridized carbons (Fsp3) is 0. The third-order valence-corrected chi connectivity index (χ3v) is 10.9. The van der Waals surface area contributed by atoms with Crippen LogP contribution in [0.2, 0.25) is 0 Å². The van der Waals surface area contributed by atoms with Gasteiger partial charge in [0.2, 0.25) is 0 Å². The summed E-state index contributed by atoms with van der Waals surface area (Å²) in [5.41, 5.74) is 9.58. The highest BCUT2D eigenvalue weighted by Gasteiger charge is 2.22. The predicted octanol–water partition coefficient (Wildman–Crippen LogP) is 14.2. The molecule has 0 spiro atoms. The van der Waals surface area contributed by atoms with Gasteiger partial charge in [-0.15, -0.1) is 0 Å². The standard InChI is InChI=1S/C53H34N4O/c1-4-15-37(16-5-1)51-54-52(38-17-6-2-7-18-38)56-53(55-51)46-31-30-45(49-47-33-40-20-12-13-21-41(40)34-48(47)58-50(46)49)36-25-27-43(28-26-36)57(42-22-8-3-9-23-42)44-29-24-35-14-10-11-19-39(35)32-44/h1-34H. The molecule has 0 unspecified atom stereocenters. The summed E-state index contributed by atoms with van der Waals surface area (Å²) in [5, 5.41) is 6.74. The van der Waals surface area contributed by atoms with Crippen molar-refractivity contribution >= 4 is 60.5 Å². The van der Waals surface area contributed by atoms with Crippen LogP contribution in [0.1, 0.15) is 0 Å². The maximum absolute atomic E-state index is 6.90. The lowest BCUT2D eigenvalue weighted by molar-refractivity contribution is 0.670. The first-order chi connectivity index (χ1) is 28.7. The minimum Gasteiger partial charge on any atom is -0.455 e. The van der Waals surface area contributed by atoms with E-state index in [0.29, 0.717) is 17.5 Å². The Kier molecular flexibility index (Phi) is 8.07. The van der Waals surface area contributed by atoms with Crippen LogP contribution in [-0.2, 0) is 0 Å².